The highest BCUT2D eigenvalue weighted by Gasteiger charge is 2.46. The quantitative estimate of drug-likeness (QED) is 0.564. The molecule has 2 aromatic carbocycles. The van der Waals surface area contributed by atoms with Crippen LogP contribution in [0.5, 0.6) is 0 Å². The summed E-state index contributed by atoms with van der Waals surface area (Å²) >= 11 is 3.13. The molecule has 1 fully saturated rings. The third-order valence-corrected chi connectivity index (χ3v) is 8.46. The highest BCUT2D eigenvalue weighted by atomic mass is 32.2. The number of piperidine rings is 1. The number of likely N-dealkylation sites (tertiary alicyclic amines) is 1. The monoisotopic (exact) mass is 412 g/mol. The van der Waals surface area contributed by atoms with E-state index in [2.05, 4.69) is 30.1 Å². The van der Waals surface area contributed by atoms with Crippen LogP contribution in [0.3, 0.4) is 0 Å². The van der Waals surface area contributed by atoms with Gasteiger partial charge in [0.15, 0.2) is 4.34 Å². The highest BCUT2D eigenvalue weighted by molar-refractivity contribution is 8.01. The van der Waals surface area contributed by atoms with Gasteiger partial charge >= 0.3 is 0 Å². The topological polar surface area (TPSA) is 33.2 Å². The Kier molecular flexibility index (Phi) is 4.25. The minimum absolute atomic E-state index is 0.0262. The molecule has 28 heavy (non-hydrogen) atoms. The van der Waals surface area contributed by atoms with Crippen LogP contribution in [0.2, 0.25) is 0 Å². The van der Waals surface area contributed by atoms with E-state index >= 15 is 0 Å². The highest BCUT2D eigenvalue weighted by Crippen LogP contribution is 2.47. The third kappa shape index (κ3) is 2.77. The van der Waals surface area contributed by atoms with Gasteiger partial charge in [0.2, 0.25) is 5.91 Å². The second kappa shape index (κ2) is 6.56. The minimum atomic E-state index is -0.263. The number of para-hydroxylation sites is 1. The average molecular weight is 413 g/mol. The van der Waals surface area contributed by atoms with Crippen LogP contribution >= 0.6 is 23.1 Å². The molecule has 0 radical (unpaired) electrons. The van der Waals surface area contributed by atoms with Gasteiger partial charge in [-0.25, -0.2) is 9.37 Å². The van der Waals surface area contributed by atoms with Gasteiger partial charge in [-0.05, 0) is 54.7 Å². The van der Waals surface area contributed by atoms with Gasteiger partial charge in [-0.2, -0.15) is 0 Å². The van der Waals surface area contributed by atoms with Crippen molar-refractivity contribution in [1.29, 1.82) is 0 Å². The van der Waals surface area contributed by atoms with E-state index in [0.717, 1.165) is 33.2 Å². The van der Waals surface area contributed by atoms with Gasteiger partial charge in [0, 0.05) is 29.8 Å². The lowest BCUT2D eigenvalue weighted by atomic mass is 9.63. The van der Waals surface area contributed by atoms with Crippen molar-refractivity contribution in [3.63, 3.8) is 0 Å². The van der Waals surface area contributed by atoms with Crippen LogP contribution in [-0.4, -0.2) is 28.9 Å². The molecule has 1 aliphatic carbocycles. The molecule has 1 aromatic heterocycles. The summed E-state index contributed by atoms with van der Waals surface area (Å²) in [7, 11) is 1.95. The van der Waals surface area contributed by atoms with Gasteiger partial charge in [0.05, 0.1) is 4.70 Å². The van der Waals surface area contributed by atoms with Crippen LogP contribution in [0.25, 0.3) is 10.2 Å². The normalized spacial score (nSPS) is 24.3. The summed E-state index contributed by atoms with van der Waals surface area (Å²) in [6.45, 7) is 2.31. The fourth-order valence-corrected chi connectivity index (χ4v) is 6.98. The number of carbonyl (C=O) groups is 1. The van der Waals surface area contributed by atoms with Gasteiger partial charge in [-0.15, -0.1) is 11.3 Å². The Morgan fingerprint density at radius 1 is 1.29 bits per heavy atom. The summed E-state index contributed by atoms with van der Waals surface area (Å²) < 4.78 is 15.7. The first-order valence-corrected chi connectivity index (χ1v) is 11.2. The number of thiazole rings is 1. The minimum Gasteiger partial charge on any atom is -0.342 e. The van der Waals surface area contributed by atoms with Gasteiger partial charge in [-0.3, -0.25) is 4.79 Å². The molecule has 0 N–H and O–H groups in total. The number of halogens is 1. The van der Waals surface area contributed by atoms with Crippen LogP contribution in [-0.2, 0) is 16.6 Å². The first-order chi connectivity index (χ1) is 13.5. The molecule has 3 aromatic rings. The summed E-state index contributed by atoms with van der Waals surface area (Å²) in [5, 5.41) is 0. The Labute approximate surface area is 172 Å². The van der Waals surface area contributed by atoms with E-state index in [1.54, 1.807) is 17.8 Å². The fraction of sp³-hybridized carbons (Fsp3) is 0.364. The molecule has 2 atom stereocenters. The molecule has 144 valence electrons. The molecule has 1 aliphatic heterocycles. The third-order valence-electron chi connectivity index (χ3n) is 6.39. The molecule has 0 unspecified atom stereocenters. The molecular formula is C22H21FN2OS2. The number of amides is 1. The predicted octanol–water partition coefficient (Wildman–Crippen LogP) is 5.41. The molecular weight excluding hydrogens is 391 g/mol. The van der Waals surface area contributed by atoms with Crippen LogP contribution in [0.1, 0.15) is 37.3 Å². The summed E-state index contributed by atoms with van der Waals surface area (Å²) in [6.07, 6.45) is 3.52. The number of likely N-dealkylation sites (N-methyl/N-ethyl adjacent to an activating group) is 1. The Hall–Kier alpha value is -1.92. The zero-order chi connectivity index (χ0) is 19.5. The van der Waals surface area contributed by atoms with Crippen LogP contribution in [0.15, 0.2) is 45.6 Å². The number of fused-ring (bicyclic) bond motifs is 4. The number of aryl methyl sites for hydroxylation is 1. The Morgan fingerprint density at radius 2 is 2.14 bits per heavy atom. The van der Waals surface area contributed by atoms with Crippen molar-refractivity contribution in [2.45, 2.75) is 53.3 Å². The first-order valence-electron chi connectivity index (χ1n) is 9.58. The van der Waals surface area contributed by atoms with E-state index in [1.165, 1.54) is 28.5 Å². The number of carbonyl (C=O) groups excluding carboxylic acids is 1. The molecule has 2 aliphatic rings. The number of nitrogens with zero attached hydrogens (tertiary/aromatic N) is 2. The lowest BCUT2D eigenvalue weighted by Crippen LogP contribution is -2.56. The van der Waals surface area contributed by atoms with Crippen LogP contribution < -0.4 is 0 Å². The van der Waals surface area contributed by atoms with Crippen molar-refractivity contribution in [3.05, 3.63) is 53.3 Å². The maximum absolute atomic E-state index is 13.9. The van der Waals surface area contributed by atoms with E-state index in [0.29, 0.717) is 11.9 Å². The van der Waals surface area contributed by atoms with E-state index in [4.69, 9.17) is 0 Å². The maximum atomic E-state index is 13.9. The molecule has 0 bridgehead atoms. The smallest absolute Gasteiger partial charge is 0.222 e. The fourth-order valence-electron chi connectivity index (χ4n) is 4.87. The zero-order valence-corrected chi connectivity index (χ0v) is 17.5. The molecule has 0 saturated carbocycles. The molecule has 1 amide bonds. The van der Waals surface area contributed by atoms with Crippen molar-refractivity contribution < 1.29 is 9.18 Å². The summed E-state index contributed by atoms with van der Waals surface area (Å²) in [5.74, 6) is 0.00198. The summed E-state index contributed by atoms with van der Waals surface area (Å²) in [6, 6.07) is 12.0. The molecule has 1 saturated heterocycles. The molecule has 6 heteroatoms. The van der Waals surface area contributed by atoms with Crippen molar-refractivity contribution in [2.24, 2.45) is 0 Å². The van der Waals surface area contributed by atoms with E-state index in [1.807, 2.05) is 18.0 Å². The van der Waals surface area contributed by atoms with Crippen molar-refractivity contribution in [2.75, 3.05) is 7.05 Å². The van der Waals surface area contributed by atoms with Gasteiger partial charge < -0.3 is 4.90 Å². The molecule has 5 rings (SSSR count). The summed E-state index contributed by atoms with van der Waals surface area (Å²) in [5.41, 5.74) is 3.23. The first kappa shape index (κ1) is 18.1. The maximum Gasteiger partial charge on any atom is 0.222 e. The lowest BCUT2D eigenvalue weighted by molar-refractivity contribution is -0.138. The Bertz CT molecular complexity index is 1100. The number of hydrogen-bond donors (Lipinski definition) is 0. The van der Waals surface area contributed by atoms with Crippen LogP contribution in [0.4, 0.5) is 4.39 Å². The van der Waals surface area contributed by atoms with E-state index in [9.17, 15) is 9.18 Å². The number of aromatic nitrogens is 1. The van der Waals surface area contributed by atoms with E-state index < -0.39 is 0 Å². The SMILES string of the molecule is CN1C(=O)CC[C@]2(C)c3ccc(Sc4nc5c(F)cccc5s4)cc3CC[C@@H]12. The second-order valence-electron chi connectivity index (χ2n) is 7.96. The van der Waals surface area contributed by atoms with Gasteiger partial charge in [-0.1, -0.05) is 30.8 Å². The van der Waals surface area contributed by atoms with Crippen molar-refractivity contribution in [1.82, 2.24) is 9.88 Å². The van der Waals surface area contributed by atoms with Crippen molar-refractivity contribution >= 4 is 39.2 Å². The molecule has 3 nitrogen and oxygen atoms in total. The van der Waals surface area contributed by atoms with E-state index in [-0.39, 0.29) is 23.2 Å². The van der Waals surface area contributed by atoms with Gasteiger partial charge in [0.25, 0.3) is 0 Å². The lowest BCUT2D eigenvalue weighted by Gasteiger charge is -2.50. The largest absolute Gasteiger partial charge is 0.342 e. The second-order valence-corrected chi connectivity index (χ2v) is 10.3. The number of hydrogen-bond acceptors (Lipinski definition) is 4. The summed E-state index contributed by atoms with van der Waals surface area (Å²) in [4.78, 5) is 19.7. The molecule has 2 heterocycles. The Morgan fingerprint density at radius 3 is 2.96 bits per heavy atom. The standard InChI is InChI=1S/C22H21FN2OS2/c1-22-11-10-19(26)25(2)18(22)9-6-13-12-14(7-8-15(13)22)27-21-24-20-16(23)4-3-5-17(20)28-21/h3-5,7-8,12,18H,6,9-11H2,1-2H3/t18-,22-/m1/s1. The van der Waals surface area contributed by atoms with Crippen molar-refractivity contribution in [3.8, 4) is 0 Å². The average Bonchev–Trinajstić information content (AvgIpc) is 3.09. The van der Waals surface area contributed by atoms with Crippen LogP contribution in [0, 0.1) is 5.82 Å². The van der Waals surface area contributed by atoms with Gasteiger partial charge in [0.1, 0.15) is 11.3 Å². The zero-order valence-electron chi connectivity index (χ0n) is 15.9. The predicted molar refractivity (Wildman–Crippen MR) is 112 cm³/mol. The Balaban J connectivity index is 1.46. The number of benzene rings is 2. The number of rotatable bonds is 2. The molecule has 0 spiro atoms.